The third-order valence-electron chi connectivity index (χ3n) is 4.12. The number of carbonyl (C=O) groups is 2. The Morgan fingerprint density at radius 2 is 2.15 bits per heavy atom. The van der Waals surface area contributed by atoms with Gasteiger partial charge in [0.2, 0.25) is 5.88 Å². The number of carboxylic acid groups (broad SMARTS) is 1. The molecule has 1 aliphatic rings. The second kappa shape index (κ2) is 9.05. The Labute approximate surface area is 157 Å². The second-order valence-electron chi connectivity index (χ2n) is 6.55. The molecule has 2 rings (SSSR count). The number of ether oxygens (including phenoxy) is 1. The quantitative estimate of drug-likeness (QED) is 0.636. The average Bonchev–Trinajstić information content (AvgIpc) is 2.50. The minimum Gasteiger partial charge on any atom is -0.480 e. The van der Waals surface area contributed by atoms with Gasteiger partial charge in [0.15, 0.2) is 0 Å². The monoisotopic (exact) mass is 384 g/mol. The van der Waals surface area contributed by atoms with E-state index in [0.717, 1.165) is 12.8 Å². The molecule has 1 aromatic rings. The van der Waals surface area contributed by atoms with Gasteiger partial charge in [-0.2, -0.15) is 0 Å². The van der Waals surface area contributed by atoms with Crippen molar-refractivity contribution >= 4 is 29.3 Å². The van der Waals surface area contributed by atoms with Gasteiger partial charge in [-0.1, -0.05) is 18.5 Å². The number of amides is 2. The lowest BCUT2D eigenvalue weighted by Gasteiger charge is -2.42. The average molecular weight is 385 g/mol. The molecule has 0 bridgehead atoms. The molecule has 1 fully saturated rings. The molecule has 0 aliphatic heterocycles. The Balaban J connectivity index is 1.87. The summed E-state index contributed by atoms with van der Waals surface area (Å²) in [7, 11) is 0. The molecule has 1 saturated carbocycles. The van der Waals surface area contributed by atoms with Crippen LogP contribution >= 0.6 is 11.6 Å². The minimum atomic E-state index is -0.841. The maximum Gasteiger partial charge on any atom is 0.319 e. The third-order valence-corrected chi connectivity index (χ3v) is 4.33. The van der Waals surface area contributed by atoms with E-state index in [-0.39, 0.29) is 30.8 Å². The first kappa shape index (κ1) is 20.3. The summed E-state index contributed by atoms with van der Waals surface area (Å²) < 4.78 is 5.57. The van der Waals surface area contributed by atoms with Gasteiger partial charge in [-0.25, -0.2) is 9.78 Å². The van der Waals surface area contributed by atoms with E-state index in [1.165, 1.54) is 6.20 Å². The Bertz CT molecular complexity index is 650. The lowest BCUT2D eigenvalue weighted by atomic mass is 9.85. The van der Waals surface area contributed by atoms with Crippen molar-refractivity contribution in [2.24, 2.45) is 0 Å². The van der Waals surface area contributed by atoms with E-state index >= 15 is 0 Å². The number of hydrogen-bond donors (Lipinski definition) is 3. The molecule has 3 N–H and O–H groups in total. The first-order chi connectivity index (χ1) is 12.3. The number of pyridine rings is 1. The summed E-state index contributed by atoms with van der Waals surface area (Å²) in [5.74, 6) is -0.531. The molecule has 1 aromatic heterocycles. The maximum absolute atomic E-state index is 12.2. The van der Waals surface area contributed by atoms with E-state index in [1.807, 2.05) is 25.7 Å². The van der Waals surface area contributed by atoms with Crippen LogP contribution in [0.2, 0.25) is 5.02 Å². The number of likely N-dealkylation sites (N-methyl/N-ethyl adjacent to an activating group) is 1. The van der Waals surface area contributed by atoms with Gasteiger partial charge in [-0.15, -0.1) is 0 Å². The van der Waals surface area contributed by atoms with Gasteiger partial charge in [0.05, 0.1) is 17.7 Å². The van der Waals surface area contributed by atoms with Crippen LogP contribution in [-0.4, -0.2) is 58.3 Å². The fraction of sp³-hybridized carbons (Fsp3) is 0.588. The standard InChI is InChI=1S/C17H25ClN4O4/c1-4-22(9-15(23)24)13-6-12(7-13)20-17(25)21-14-5-11(18)8-19-16(14)26-10(2)3/h5,8,10,12-13H,4,6-7,9H2,1-3H3,(H,23,24)(H2,20,21,25). The van der Waals surface area contributed by atoms with Gasteiger partial charge < -0.3 is 20.5 Å². The fourth-order valence-corrected chi connectivity index (χ4v) is 3.01. The zero-order chi connectivity index (χ0) is 19.3. The van der Waals surface area contributed by atoms with E-state index < -0.39 is 5.97 Å². The van der Waals surface area contributed by atoms with Crippen LogP contribution in [0.15, 0.2) is 12.3 Å². The predicted molar refractivity (Wildman–Crippen MR) is 98.9 cm³/mol. The number of halogens is 1. The number of nitrogens with one attached hydrogen (secondary N) is 2. The number of aliphatic carboxylic acids is 1. The van der Waals surface area contributed by atoms with Crippen molar-refractivity contribution in [3.8, 4) is 5.88 Å². The van der Waals surface area contributed by atoms with Gasteiger partial charge in [-0.05, 0) is 39.3 Å². The van der Waals surface area contributed by atoms with E-state index in [2.05, 4.69) is 15.6 Å². The molecule has 0 aromatic carbocycles. The Morgan fingerprint density at radius 1 is 1.46 bits per heavy atom. The van der Waals surface area contributed by atoms with Crippen LogP contribution in [0.4, 0.5) is 10.5 Å². The van der Waals surface area contributed by atoms with Crippen LogP contribution in [-0.2, 0) is 4.79 Å². The van der Waals surface area contributed by atoms with E-state index in [0.29, 0.717) is 23.1 Å². The first-order valence-electron chi connectivity index (χ1n) is 8.64. The number of carbonyl (C=O) groups excluding carboxylic acids is 1. The predicted octanol–water partition coefficient (Wildman–Crippen LogP) is 2.58. The Hall–Kier alpha value is -2.06. The maximum atomic E-state index is 12.2. The Morgan fingerprint density at radius 3 is 2.73 bits per heavy atom. The highest BCUT2D eigenvalue weighted by molar-refractivity contribution is 6.30. The molecule has 0 atom stereocenters. The van der Waals surface area contributed by atoms with Gasteiger partial charge in [0, 0.05) is 18.3 Å². The number of rotatable bonds is 8. The first-order valence-corrected chi connectivity index (χ1v) is 9.01. The zero-order valence-electron chi connectivity index (χ0n) is 15.2. The molecule has 0 unspecified atom stereocenters. The van der Waals surface area contributed by atoms with Crippen LogP contribution in [0.5, 0.6) is 5.88 Å². The summed E-state index contributed by atoms with van der Waals surface area (Å²) >= 11 is 5.95. The highest BCUT2D eigenvalue weighted by atomic mass is 35.5. The number of nitrogens with zero attached hydrogens (tertiary/aromatic N) is 2. The SMILES string of the molecule is CCN(CC(=O)O)C1CC(NC(=O)Nc2cc(Cl)cnc2OC(C)C)C1. The second-order valence-corrected chi connectivity index (χ2v) is 6.99. The molecule has 1 aliphatic carbocycles. The number of hydrogen-bond acceptors (Lipinski definition) is 5. The van der Waals surface area contributed by atoms with Crippen LogP contribution < -0.4 is 15.4 Å². The molecule has 1 heterocycles. The van der Waals surface area contributed by atoms with Crippen LogP contribution in [0.25, 0.3) is 0 Å². The van der Waals surface area contributed by atoms with Crippen molar-refractivity contribution in [1.29, 1.82) is 0 Å². The highest BCUT2D eigenvalue weighted by Gasteiger charge is 2.34. The fourth-order valence-electron chi connectivity index (χ4n) is 2.85. The number of carboxylic acids is 1. The molecule has 26 heavy (non-hydrogen) atoms. The minimum absolute atomic E-state index is 0.00413. The summed E-state index contributed by atoms with van der Waals surface area (Å²) in [6.45, 7) is 6.35. The molecule has 0 spiro atoms. The van der Waals surface area contributed by atoms with Crippen molar-refractivity contribution in [1.82, 2.24) is 15.2 Å². The van der Waals surface area contributed by atoms with Crippen molar-refractivity contribution in [3.63, 3.8) is 0 Å². The van der Waals surface area contributed by atoms with Gasteiger partial charge in [0.1, 0.15) is 5.69 Å². The van der Waals surface area contributed by atoms with Crippen molar-refractivity contribution in [2.75, 3.05) is 18.4 Å². The van der Waals surface area contributed by atoms with Crippen LogP contribution in [0.3, 0.4) is 0 Å². The lowest BCUT2D eigenvalue weighted by molar-refractivity contribution is -0.139. The highest BCUT2D eigenvalue weighted by Crippen LogP contribution is 2.28. The molecular weight excluding hydrogens is 360 g/mol. The Kier molecular flexibility index (Phi) is 7.05. The van der Waals surface area contributed by atoms with Crippen molar-refractivity contribution < 1.29 is 19.4 Å². The van der Waals surface area contributed by atoms with Gasteiger partial charge >= 0.3 is 12.0 Å². The number of urea groups is 1. The smallest absolute Gasteiger partial charge is 0.319 e. The number of anilines is 1. The summed E-state index contributed by atoms with van der Waals surface area (Å²) in [6, 6.07) is 1.40. The van der Waals surface area contributed by atoms with Gasteiger partial charge in [-0.3, -0.25) is 9.69 Å². The van der Waals surface area contributed by atoms with Crippen molar-refractivity contribution in [2.45, 2.75) is 51.8 Å². The zero-order valence-corrected chi connectivity index (χ0v) is 15.9. The topological polar surface area (TPSA) is 104 Å². The van der Waals surface area contributed by atoms with E-state index in [9.17, 15) is 9.59 Å². The number of aromatic nitrogens is 1. The third kappa shape index (κ3) is 5.74. The molecule has 2 amide bonds. The van der Waals surface area contributed by atoms with Crippen molar-refractivity contribution in [3.05, 3.63) is 17.3 Å². The molecule has 0 radical (unpaired) electrons. The normalized spacial score (nSPS) is 19.2. The largest absolute Gasteiger partial charge is 0.480 e. The summed E-state index contributed by atoms with van der Waals surface area (Å²) in [4.78, 5) is 29.1. The summed E-state index contributed by atoms with van der Waals surface area (Å²) in [5, 5.41) is 14.9. The van der Waals surface area contributed by atoms with E-state index in [4.69, 9.17) is 21.4 Å². The van der Waals surface area contributed by atoms with Crippen LogP contribution in [0.1, 0.15) is 33.6 Å². The van der Waals surface area contributed by atoms with Gasteiger partial charge in [0.25, 0.3) is 0 Å². The summed E-state index contributed by atoms with van der Waals surface area (Å²) in [6.07, 6.45) is 2.81. The molecule has 0 saturated heterocycles. The molecular formula is C17H25ClN4O4. The molecule has 9 heteroatoms. The molecule has 8 nitrogen and oxygen atoms in total. The molecule has 144 valence electrons. The summed E-state index contributed by atoms with van der Waals surface area (Å²) in [5.41, 5.74) is 0.403. The lowest BCUT2D eigenvalue weighted by Crippen LogP contribution is -2.55. The van der Waals surface area contributed by atoms with Crippen LogP contribution in [0, 0.1) is 0 Å². The van der Waals surface area contributed by atoms with E-state index in [1.54, 1.807) is 6.07 Å².